The molecule has 0 rings (SSSR count). The van der Waals surface area contributed by atoms with Crippen LogP contribution in [0.25, 0.3) is 0 Å². The van der Waals surface area contributed by atoms with Gasteiger partial charge in [0.05, 0.1) is 19.8 Å². The van der Waals surface area contributed by atoms with E-state index in [0.29, 0.717) is 19.8 Å². The SMILES string of the molecule is CCCCCCCCCCCCOP(=O)(OCCCCCCC)OCCCCCCCCCCCC. The van der Waals surface area contributed by atoms with E-state index in [-0.39, 0.29) is 0 Å². The average Bonchev–Trinajstić information content (AvgIpc) is 2.88. The van der Waals surface area contributed by atoms with Crippen molar-refractivity contribution in [3.05, 3.63) is 0 Å². The van der Waals surface area contributed by atoms with Crippen molar-refractivity contribution in [1.29, 1.82) is 0 Å². The highest BCUT2D eigenvalue weighted by Crippen LogP contribution is 2.50. The molecule has 4 nitrogen and oxygen atoms in total. The van der Waals surface area contributed by atoms with E-state index in [2.05, 4.69) is 20.8 Å². The Morgan fingerprint density at radius 2 is 0.528 bits per heavy atom. The molecule has 0 aromatic carbocycles. The summed E-state index contributed by atoms with van der Waals surface area (Å²) in [5.74, 6) is 0. The standard InChI is InChI=1S/C31H65O4P/c1-4-7-10-13-15-17-19-21-24-27-30-34-36(32,33-29-26-23-12-9-6-3)35-31-28-25-22-20-18-16-14-11-8-5-2/h4-31H2,1-3H3. The van der Waals surface area contributed by atoms with E-state index in [9.17, 15) is 4.57 Å². The van der Waals surface area contributed by atoms with Gasteiger partial charge in [-0.2, -0.15) is 0 Å². The lowest BCUT2D eigenvalue weighted by Gasteiger charge is -2.18. The fourth-order valence-corrected chi connectivity index (χ4v) is 5.81. The van der Waals surface area contributed by atoms with Crippen molar-refractivity contribution >= 4 is 7.82 Å². The highest BCUT2D eigenvalue weighted by atomic mass is 31.2. The van der Waals surface area contributed by atoms with Crippen LogP contribution in [0.1, 0.15) is 181 Å². The van der Waals surface area contributed by atoms with E-state index >= 15 is 0 Å². The zero-order valence-electron chi connectivity index (χ0n) is 24.9. The van der Waals surface area contributed by atoms with Gasteiger partial charge < -0.3 is 0 Å². The number of rotatable bonds is 31. The lowest BCUT2D eigenvalue weighted by atomic mass is 10.1. The molecule has 0 aliphatic heterocycles. The smallest absolute Gasteiger partial charge is 0.287 e. The van der Waals surface area contributed by atoms with E-state index in [1.807, 2.05) is 0 Å². The minimum Gasteiger partial charge on any atom is -0.287 e. The molecule has 0 unspecified atom stereocenters. The third-order valence-corrected chi connectivity index (χ3v) is 8.49. The largest absolute Gasteiger partial charge is 0.474 e. The van der Waals surface area contributed by atoms with Gasteiger partial charge in [0.25, 0.3) is 0 Å². The summed E-state index contributed by atoms with van der Waals surface area (Å²) in [7, 11) is -3.43. The van der Waals surface area contributed by atoms with E-state index in [1.165, 1.54) is 122 Å². The first-order chi connectivity index (χ1) is 17.7. The fraction of sp³-hybridized carbons (Fsp3) is 1.00. The first kappa shape index (κ1) is 36.1. The maximum Gasteiger partial charge on any atom is 0.474 e. The second-order valence-corrected chi connectivity index (χ2v) is 12.4. The number of hydrogen-bond acceptors (Lipinski definition) is 4. The van der Waals surface area contributed by atoms with Crippen molar-refractivity contribution in [3.63, 3.8) is 0 Å². The van der Waals surface area contributed by atoms with Crippen LogP contribution in [0, 0.1) is 0 Å². The maximum atomic E-state index is 13.2. The molecule has 0 amide bonds. The Kier molecular flexibility index (Phi) is 29.8. The summed E-state index contributed by atoms with van der Waals surface area (Å²) in [5, 5.41) is 0. The highest BCUT2D eigenvalue weighted by molar-refractivity contribution is 7.48. The van der Waals surface area contributed by atoms with Gasteiger partial charge in [0.2, 0.25) is 0 Å². The molecule has 36 heavy (non-hydrogen) atoms. The first-order valence-corrected chi connectivity index (χ1v) is 17.7. The van der Waals surface area contributed by atoms with Gasteiger partial charge in [0.1, 0.15) is 0 Å². The Morgan fingerprint density at radius 3 is 0.750 bits per heavy atom. The summed E-state index contributed by atoms with van der Waals surface area (Å²) in [6.45, 7) is 8.17. The zero-order chi connectivity index (χ0) is 26.4. The molecule has 0 spiro atoms. The van der Waals surface area contributed by atoms with Crippen LogP contribution in [0.4, 0.5) is 0 Å². The molecule has 5 heteroatoms. The summed E-state index contributed by atoms with van der Waals surface area (Å²) in [6.07, 6.45) is 31.2. The van der Waals surface area contributed by atoms with Crippen LogP contribution in [-0.2, 0) is 18.1 Å². The molecule has 0 aliphatic carbocycles. The minimum absolute atomic E-state index is 0.469. The molecular weight excluding hydrogens is 467 g/mol. The Bertz CT molecular complexity index is 428. The summed E-state index contributed by atoms with van der Waals surface area (Å²) in [6, 6.07) is 0. The third kappa shape index (κ3) is 27.2. The molecule has 0 saturated carbocycles. The molecule has 0 saturated heterocycles. The van der Waals surface area contributed by atoms with Gasteiger partial charge in [-0.3, -0.25) is 13.6 Å². The number of phosphoric acid groups is 1. The van der Waals surface area contributed by atoms with E-state index < -0.39 is 7.82 Å². The lowest BCUT2D eigenvalue weighted by Crippen LogP contribution is -2.04. The first-order valence-electron chi connectivity index (χ1n) is 16.2. The topological polar surface area (TPSA) is 44.8 Å². The van der Waals surface area contributed by atoms with Crippen LogP contribution in [-0.4, -0.2) is 19.8 Å². The van der Waals surface area contributed by atoms with E-state index in [4.69, 9.17) is 13.6 Å². The second-order valence-electron chi connectivity index (χ2n) is 10.7. The zero-order valence-corrected chi connectivity index (χ0v) is 25.8. The van der Waals surface area contributed by atoms with Crippen molar-refractivity contribution in [2.45, 2.75) is 181 Å². The Labute approximate surface area is 227 Å². The Morgan fingerprint density at radius 1 is 0.333 bits per heavy atom. The molecule has 0 aliphatic rings. The predicted octanol–water partition coefficient (Wildman–Crippen LogP) is 12.0. The van der Waals surface area contributed by atoms with E-state index in [1.54, 1.807) is 0 Å². The van der Waals surface area contributed by atoms with Gasteiger partial charge in [0, 0.05) is 0 Å². The fourth-order valence-electron chi connectivity index (χ4n) is 4.53. The van der Waals surface area contributed by atoms with Crippen LogP contribution >= 0.6 is 7.82 Å². The lowest BCUT2D eigenvalue weighted by molar-refractivity contribution is 0.108. The van der Waals surface area contributed by atoms with Crippen LogP contribution in [0.5, 0.6) is 0 Å². The molecule has 0 heterocycles. The van der Waals surface area contributed by atoms with Crippen molar-refractivity contribution in [2.24, 2.45) is 0 Å². The molecule has 0 N–H and O–H groups in total. The number of hydrogen-bond donors (Lipinski definition) is 0. The minimum atomic E-state index is -3.43. The number of phosphoric ester groups is 1. The molecule has 0 fully saturated rings. The molecule has 0 bridgehead atoms. The van der Waals surface area contributed by atoms with Gasteiger partial charge in [-0.05, 0) is 19.3 Å². The van der Waals surface area contributed by atoms with Crippen molar-refractivity contribution < 1.29 is 18.1 Å². The normalized spacial score (nSPS) is 12.0. The van der Waals surface area contributed by atoms with Crippen molar-refractivity contribution in [2.75, 3.05) is 19.8 Å². The van der Waals surface area contributed by atoms with Crippen LogP contribution in [0.2, 0.25) is 0 Å². The van der Waals surface area contributed by atoms with Gasteiger partial charge >= 0.3 is 7.82 Å². The van der Waals surface area contributed by atoms with Gasteiger partial charge in [-0.1, -0.05) is 162 Å². The summed E-state index contributed by atoms with van der Waals surface area (Å²) in [5.41, 5.74) is 0. The molecule has 0 radical (unpaired) electrons. The Hall–Kier alpha value is 0.110. The van der Waals surface area contributed by atoms with Gasteiger partial charge in [-0.25, -0.2) is 4.57 Å². The van der Waals surface area contributed by atoms with Crippen molar-refractivity contribution in [1.82, 2.24) is 0 Å². The quantitative estimate of drug-likeness (QED) is 0.0658. The van der Waals surface area contributed by atoms with Crippen LogP contribution in [0.3, 0.4) is 0 Å². The number of unbranched alkanes of at least 4 members (excludes halogenated alkanes) is 22. The maximum absolute atomic E-state index is 13.2. The third-order valence-electron chi connectivity index (χ3n) is 6.99. The molecular formula is C31H65O4P. The second kappa shape index (κ2) is 29.7. The van der Waals surface area contributed by atoms with Gasteiger partial charge in [-0.15, -0.1) is 0 Å². The summed E-state index contributed by atoms with van der Waals surface area (Å²) in [4.78, 5) is 0. The average molecular weight is 533 g/mol. The molecule has 0 atom stereocenters. The molecule has 0 aromatic rings. The summed E-state index contributed by atoms with van der Waals surface area (Å²) >= 11 is 0. The van der Waals surface area contributed by atoms with Crippen molar-refractivity contribution in [3.8, 4) is 0 Å². The van der Waals surface area contributed by atoms with E-state index in [0.717, 1.165) is 38.5 Å². The van der Waals surface area contributed by atoms with Crippen LogP contribution in [0.15, 0.2) is 0 Å². The Balaban J connectivity index is 3.98. The molecule has 218 valence electrons. The van der Waals surface area contributed by atoms with Gasteiger partial charge in [0.15, 0.2) is 0 Å². The van der Waals surface area contributed by atoms with Crippen LogP contribution < -0.4 is 0 Å². The highest BCUT2D eigenvalue weighted by Gasteiger charge is 2.26. The predicted molar refractivity (Wildman–Crippen MR) is 158 cm³/mol. The molecule has 0 aromatic heterocycles. The summed E-state index contributed by atoms with van der Waals surface area (Å²) < 4.78 is 30.3. The monoisotopic (exact) mass is 532 g/mol.